The lowest BCUT2D eigenvalue weighted by molar-refractivity contribution is 0.241. The van der Waals surface area contributed by atoms with Crippen molar-refractivity contribution in [3.63, 3.8) is 0 Å². The van der Waals surface area contributed by atoms with Crippen LogP contribution in [0.1, 0.15) is 30.7 Å². The maximum absolute atomic E-state index is 4.61. The Morgan fingerprint density at radius 3 is 2.62 bits per heavy atom. The number of guanidine groups is 1. The van der Waals surface area contributed by atoms with E-state index in [1.54, 1.807) is 11.3 Å². The summed E-state index contributed by atoms with van der Waals surface area (Å²) in [6.45, 7) is 12.1. The third kappa shape index (κ3) is 7.43. The van der Waals surface area contributed by atoms with E-state index in [0.717, 1.165) is 30.6 Å². The van der Waals surface area contributed by atoms with E-state index >= 15 is 0 Å². The highest BCUT2D eigenvalue weighted by Crippen LogP contribution is 2.14. The molecule has 0 aliphatic heterocycles. The second-order valence-corrected chi connectivity index (χ2v) is 7.63. The number of aryl methyl sites for hydroxylation is 1. The molecule has 0 saturated carbocycles. The smallest absolute Gasteiger partial charge is 0.191 e. The molecule has 1 aromatic rings. The number of hydrogen-bond acceptors (Lipinski definition) is 4. The molecule has 0 aliphatic carbocycles. The third-order valence-corrected chi connectivity index (χ3v) is 3.76. The highest BCUT2D eigenvalue weighted by atomic mass is 32.1. The Kier molecular flexibility index (Phi) is 7.11. The Balaban J connectivity index is 2.56. The minimum Gasteiger partial charge on any atom is -0.357 e. The molecule has 21 heavy (non-hydrogen) atoms. The predicted octanol–water partition coefficient (Wildman–Crippen LogP) is 2.09. The molecule has 2 N–H and O–H groups in total. The molecular formula is C15H29N5S. The van der Waals surface area contributed by atoms with Crippen molar-refractivity contribution in [1.82, 2.24) is 20.5 Å². The number of nitrogens with zero attached hydrogens (tertiary/aromatic N) is 3. The predicted molar refractivity (Wildman–Crippen MR) is 92.0 cm³/mol. The fourth-order valence-corrected chi connectivity index (χ4v) is 2.91. The SMILES string of the molecule is CCNC(=NCc1ncc(C)s1)NCC(C)(C)CN(C)C. The van der Waals surface area contributed by atoms with Gasteiger partial charge in [-0.25, -0.2) is 9.98 Å². The van der Waals surface area contributed by atoms with Crippen LogP contribution in [0.2, 0.25) is 0 Å². The Hall–Kier alpha value is -1.14. The van der Waals surface area contributed by atoms with E-state index < -0.39 is 0 Å². The average Bonchev–Trinajstić information content (AvgIpc) is 2.77. The Labute approximate surface area is 132 Å². The first kappa shape index (κ1) is 17.9. The number of nitrogens with one attached hydrogen (secondary N) is 2. The van der Waals surface area contributed by atoms with Crippen LogP contribution in [0.5, 0.6) is 0 Å². The fourth-order valence-electron chi connectivity index (χ4n) is 2.20. The Morgan fingerprint density at radius 1 is 1.38 bits per heavy atom. The molecule has 5 nitrogen and oxygen atoms in total. The number of hydrogen-bond donors (Lipinski definition) is 2. The van der Waals surface area contributed by atoms with Crippen molar-refractivity contribution in [3.8, 4) is 0 Å². The van der Waals surface area contributed by atoms with Crippen LogP contribution in [0.4, 0.5) is 0 Å². The zero-order chi connectivity index (χ0) is 15.9. The molecule has 0 unspecified atom stereocenters. The van der Waals surface area contributed by atoms with Gasteiger partial charge in [0, 0.05) is 30.7 Å². The highest BCUT2D eigenvalue weighted by Gasteiger charge is 2.19. The lowest BCUT2D eigenvalue weighted by Gasteiger charge is -2.29. The number of aromatic nitrogens is 1. The van der Waals surface area contributed by atoms with Gasteiger partial charge >= 0.3 is 0 Å². The molecule has 6 heteroatoms. The summed E-state index contributed by atoms with van der Waals surface area (Å²) in [4.78, 5) is 12.4. The van der Waals surface area contributed by atoms with E-state index in [1.165, 1.54) is 4.88 Å². The highest BCUT2D eigenvalue weighted by molar-refractivity contribution is 7.11. The summed E-state index contributed by atoms with van der Waals surface area (Å²) in [6.07, 6.45) is 1.90. The molecule has 0 fully saturated rings. The van der Waals surface area contributed by atoms with Gasteiger partial charge in [0.2, 0.25) is 0 Å². The first-order valence-corrected chi connectivity index (χ1v) is 8.22. The summed E-state index contributed by atoms with van der Waals surface area (Å²) < 4.78 is 0. The van der Waals surface area contributed by atoms with Gasteiger partial charge in [0.05, 0.1) is 6.54 Å². The van der Waals surface area contributed by atoms with Crippen LogP contribution in [-0.2, 0) is 6.54 Å². The summed E-state index contributed by atoms with van der Waals surface area (Å²) in [7, 11) is 4.21. The normalized spacial score (nSPS) is 12.8. The topological polar surface area (TPSA) is 52.6 Å². The van der Waals surface area contributed by atoms with Gasteiger partial charge in [-0.1, -0.05) is 13.8 Å². The molecular weight excluding hydrogens is 282 g/mol. The zero-order valence-corrected chi connectivity index (χ0v) is 15.0. The van der Waals surface area contributed by atoms with Crippen molar-refractivity contribution >= 4 is 17.3 Å². The van der Waals surface area contributed by atoms with Gasteiger partial charge in [0.15, 0.2) is 5.96 Å². The van der Waals surface area contributed by atoms with Crippen LogP contribution in [0.15, 0.2) is 11.2 Å². The van der Waals surface area contributed by atoms with Crippen LogP contribution in [0, 0.1) is 12.3 Å². The second-order valence-electron chi connectivity index (χ2n) is 6.32. The molecule has 0 saturated heterocycles. The summed E-state index contributed by atoms with van der Waals surface area (Å²) >= 11 is 1.70. The molecule has 0 aromatic carbocycles. The minimum absolute atomic E-state index is 0.192. The number of thiazole rings is 1. The van der Waals surface area contributed by atoms with Crippen molar-refractivity contribution in [1.29, 1.82) is 0 Å². The first-order chi connectivity index (χ1) is 9.82. The van der Waals surface area contributed by atoms with Crippen LogP contribution in [-0.4, -0.2) is 49.6 Å². The fraction of sp³-hybridized carbons (Fsp3) is 0.733. The lowest BCUT2D eigenvalue weighted by atomic mass is 9.93. The third-order valence-electron chi connectivity index (χ3n) is 2.86. The summed E-state index contributed by atoms with van der Waals surface area (Å²) in [5, 5.41) is 7.77. The van der Waals surface area contributed by atoms with Crippen molar-refractivity contribution in [2.45, 2.75) is 34.2 Å². The van der Waals surface area contributed by atoms with Gasteiger partial charge in [-0.3, -0.25) is 0 Å². The summed E-state index contributed by atoms with van der Waals surface area (Å²) in [5.74, 6) is 0.859. The summed E-state index contributed by atoms with van der Waals surface area (Å²) in [6, 6.07) is 0. The monoisotopic (exact) mass is 311 g/mol. The van der Waals surface area contributed by atoms with E-state index in [2.05, 4.69) is 67.3 Å². The molecule has 1 heterocycles. The van der Waals surface area contributed by atoms with Crippen LogP contribution in [0.25, 0.3) is 0 Å². The molecule has 1 rings (SSSR count). The molecule has 1 aromatic heterocycles. The van der Waals surface area contributed by atoms with Gasteiger partial charge in [-0.05, 0) is 33.4 Å². The maximum Gasteiger partial charge on any atom is 0.191 e. The standard InChI is InChI=1S/C15H29N5S/c1-7-16-14(18-9-13-17-8-12(2)21-13)19-10-15(3,4)11-20(5)6/h8H,7,9-11H2,1-6H3,(H2,16,18,19). The van der Waals surface area contributed by atoms with E-state index in [9.17, 15) is 0 Å². The first-order valence-electron chi connectivity index (χ1n) is 7.40. The van der Waals surface area contributed by atoms with Crippen molar-refractivity contribution < 1.29 is 0 Å². The van der Waals surface area contributed by atoms with Crippen molar-refractivity contribution in [3.05, 3.63) is 16.1 Å². The number of rotatable bonds is 7. The van der Waals surface area contributed by atoms with Crippen LogP contribution < -0.4 is 10.6 Å². The van der Waals surface area contributed by atoms with Crippen LogP contribution >= 0.6 is 11.3 Å². The van der Waals surface area contributed by atoms with E-state index in [4.69, 9.17) is 0 Å². The van der Waals surface area contributed by atoms with Gasteiger partial charge in [0.1, 0.15) is 5.01 Å². The molecule has 0 bridgehead atoms. The van der Waals surface area contributed by atoms with E-state index in [-0.39, 0.29) is 5.41 Å². The number of aliphatic imine (C=N–C) groups is 1. The second kappa shape index (κ2) is 8.34. The van der Waals surface area contributed by atoms with E-state index in [0.29, 0.717) is 6.54 Å². The molecule has 0 radical (unpaired) electrons. The van der Waals surface area contributed by atoms with Gasteiger partial charge in [-0.2, -0.15) is 0 Å². The lowest BCUT2D eigenvalue weighted by Crippen LogP contribution is -2.44. The van der Waals surface area contributed by atoms with Gasteiger partial charge in [0.25, 0.3) is 0 Å². The Morgan fingerprint density at radius 2 is 2.10 bits per heavy atom. The zero-order valence-electron chi connectivity index (χ0n) is 14.2. The average molecular weight is 311 g/mol. The van der Waals surface area contributed by atoms with Crippen LogP contribution in [0.3, 0.4) is 0 Å². The minimum atomic E-state index is 0.192. The van der Waals surface area contributed by atoms with E-state index in [1.807, 2.05) is 6.20 Å². The summed E-state index contributed by atoms with van der Waals surface area (Å²) in [5.41, 5.74) is 0.192. The molecule has 0 atom stereocenters. The maximum atomic E-state index is 4.61. The van der Waals surface area contributed by atoms with Crippen molar-refractivity contribution in [2.75, 3.05) is 33.7 Å². The molecule has 0 amide bonds. The molecule has 120 valence electrons. The van der Waals surface area contributed by atoms with Crippen molar-refractivity contribution in [2.24, 2.45) is 10.4 Å². The largest absolute Gasteiger partial charge is 0.357 e. The van der Waals surface area contributed by atoms with Gasteiger partial charge < -0.3 is 15.5 Å². The van der Waals surface area contributed by atoms with Gasteiger partial charge in [-0.15, -0.1) is 11.3 Å². The Bertz CT molecular complexity index is 451. The molecule has 0 aliphatic rings. The quantitative estimate of drug-likeness (QED) is 0.598. The molecule has 0 spiro atoms.